The van der Waals surface area contributed by atoms with Gasteiger partial charge in [-0.1, -0.05) is 47.1 Å². The predicted octanol–water partition coefficient (Wildman–Crippen LogP) is 6.79. The van der Waals surface area contributed by atoms with Crippen molar-refractivity contribution in [3.05, 3.63) is 92.4 Å². The predicted molar refractivity (Wildman–Crippen MR) is 123 cm³/mol. The van der Waals surface area contributed by atoms with Crippen molar-refractivity contribution < 1.29 is 14.3 Å². The molecule has 0 aliphatic carbocycles. The number of rotatable bonds is 6. The van der Waals surface area contributed by atoms with E-state index in [4.69, 9.17) is 4.74 Å². The zero-order valence-electron chi connectivity index (χ0n) is 16.3. The van der Waals surface area contributed by atoms with E-state index in [0.29, 0.717) is 24.1 Å². The summed E-state index contributed by atoms with van der Waals surface area (Å²) in [5.41, 5.74) is 2.13. The number of amides is 2. The van der Waals surface area contributed by atoms with Gasteiger partial charge < -0.3 is 4.74 Å². The number of hydrogen-bond acceptors (Lipinski definition) is 3. The number of halogens is 2. The summed E-state index contributed by atoms with van der Waals surface area (Å²) in [7, 11) is 0. The molecule has 2 amide bonds. The molecule has 1 atom stereocenters. The lowest BCUT2D eigenvalue weighted by Gasteiger charge is -2.18. The van der Waals surface area contributed by atoms with E-state index in [2.05, 4.69) is 38.8 Å². The fraction of sp³-hybridized carbons (Fsp3) is 0.167. The monoisotopic (exact) mass is 527 g/mol. The van der Waals surface area contributed by atoms with Crippen LogP contribution in [0.4, 0.5) is 0 Å². The first-order chi connectivity index (χ1) is 14.4. The molecule has 1 heterocycles. The summed E-state index contributed by atoms with van der Waals surface area (Å²) < 4.78 is 7.79. The third-order valence-corrected chi connectivity index (χ3v) is 6.35. The van der Waals surface area contributed by atoms with Crippen LogP contribution in [0, 0.1) is 0 Å². The van der Waals surface area contributed by atoms with Crippen LogP contribution in [-0.2, 0) is 0 Å². The molecular weight excluding hydrogens is 510 g/mol. The summed E-state index contributed by atoms with van der Waals surface area (Å²) in [4.78, 5) is 26.4. The molecule has 0 aromatic heterocycles. The number of benzene rings is 3. The summed E-state index contributed by atoms with van der Waals surface area (Å²) in [6.45, 7) is 2.50. The Labute approximate surface area is 192 Å². The second-order valence-corrected chi connectivity index (χ2v) is 9.01. The lowest BCUT2D eigenvalue weighted by atomic mass is 9.97. The van der Waals surface area contributed by atoms with Crippen LogP contribution in [0.25, 0.3) is 0 Å². The highest BCUT2D eigenvalue weighted by Gasteiger charge is 2.34. The lowest BCUT2D eigenvalue weighted by Crippen LogP contribution is -2.31. The van der Waals surface area contributed by atoms with E-state index in [1.807, 2.05) is 42.5 Å². The lowest BCUT2D eigenvalue weighted by molar-refractivity contribution is 0.0650. The third kappa shape index (κ3) is 4.20. The second kappa shape index (κ2) is 8.74. The first kappa shape index (κ1) is 20.8. The average molecular weight is 529 g/mol. The van der Waals surface area contributed by atoms with Crippen molar-refractivity contribution in [1.82, 2.24) is 4.90 Å². The van der Waals surface area contributed by atoms with Gasteiger partial charge in [-0.05, 0) is 76.3 Å². The topological polar surface area (TPSA) is 46.6 Å². The van der Waals surface area contributed by atoms with Gasteiger partial charge in [0.05, 0.1) is 15.6 Å². The molecule has 4 nitrogen and oxygen atoms in total. The van der Waals surface area contributed by atoms with Crippen LogP contribution in [0.3, 0.4) is 0 Å². The highest BCUT2D eigenvalue weighted by atomic mass is 79.9. The van der Waals surface area contributed by atoms with Gasteiger partial charge in [-0.15, -0.1) is 0 Å². The fourth-order valence-electron chi connectivity index (χ4n) is 3.48. The first-order valence-corrected chi connectivity index (χ1v) is 11.2. The molecule has 1 aliphatic heterocycles. The molecule has 152 valence electrons. The highest BCUT2D eigenvalue weighted by Crippen LogP contribution is 2.33. The quantitative estimate of drug-likeness (QED) is 0.331. The highest BCUT2D eigenvalue weighted by molar-refractivity contribution is 9.11. The largest absolute Gasteiger partial charge is 0.456 e. The summed E-state index contributed by atoms with van der Waals surface area (Å²) >= 11 is 6.93. The molecule has 0 N–H and O–H groups in total. The molecule has 4 rings (SSSR count). The maximum absolute atomic E-state index is 12.5. The maximum Gasteiger partial charge on any atom is 0.261 e. The van der Waals surface area contributed by atoms with Gasteiger partial charge in [0.2, 0.25) is 0 Å². The number of carbonyl (C=O) groups is 2. The van der Waals surface area contributed by atoms with Gasteiger partial charge in [0.1, 0.15) is 11.5 Å². The van der Waals surface area contributed by atoms with Gasteiger partial charge in [-0.25, -0.2) is 0 Å². The number of hydrogen-bond donors (Lipinski definition) is 0. The number of fused-ring (bicyclic) bond motifs is 1. The molecule has 1 aliphatic rings. The Morgan fingerprint density at radius 2 is 1.53 bits per heavy atom. The molecule has 1 unspecified atom stereocenters. The van der Waals surface area contributed by atoms with E-state index in [1.165, 1.54) is 4.90 Å². The van der Waals surface area contributed by atoms with E-state index < -0.39 is 0 Å². The molecule has 0 saturated heterocycles. The van der Waals surface area contributed by atoms with Crippen LogP contribution in [0.15, 0.2) is 75.7 Å². The van der Waals surface area contributed by atoms with E-state index in [0.717, 1.165) is 26.0 Å². The zero-order valence-corrected chi connectivity index (χ0v) is 19.4. The van der Waals surface area contributed by atoms with E-state index in [9.17, 15) is 9.59 Å². The fourth-order valence-corrected chi connectivity index (χ4v) is 4.61. The third-order valence-electron chi connectivity index (χ3n) is 5.23. The minimum atomic E-state index is -0.202. The Kier molecular flexibility index (Phi) is 6.06. The summed E-state index contributed by atoms with van der Waals surface area (Å²) in [6.07, 6.45) is 0.698. The van der Waals surface area contributed by atoms with E-state index >= 15 is 0 Å². The molecule has 0 bridgehead atoms. The molecular formula is C24H19Br2NO3. The molecule has 0 fully saturated rings. The van der Waals surface area contributed by atoms with Gasteiger partial charge in [-0.3, -0.25) is 14.5 Å². The first-order valence-electron chi connectivity index (χ1n) is 9.62. The summed E-state index contributed by atoms with van der Waals surface area (Å²) in [6, 6.07) is 20.7. The molecule has 30 heavy (non-hydrogen) atoms. The summed E-state index contributed by atoms with van der Waals surface area (Å²) in [5, 5.41) is 0. The Morgan fingerprint density at radius 3 is 2.13 bits per heavy atom. The second-order valence-electron chi connectivity index (χ2n) is 7.24. The van der Waals surface area contributed by atoms with Crippen molar-refractivity contribution in [3.8, 4) is 11.5 Å². The van der Waals surface area contributed by atoms with Gasteiger partial charge in [0, 0.05) is 11.0 Å². The minimum Gasteiger partial charge on any atom is -0.456 e. The molecule has 3 aromatic rings. The SMILES string of the molecule is CC(CCN1C(=O)c2ccccc2C1=O)c1ccc(Oc2ccc(Br)cc2Br)cc1. The molecule has 0 radical (unpaired) electrons. The molecule has 3 aromatic carbocycles. The molecule has 6 heteroatoms. The van der Waals surface area contributed by atoms with Crippen LogP contribution in [0.2, 0.25) is 0 Å². The summed E-state index contributed by atoms with van der Waals surface area (Å²) in [5.74, 6) is 1.28. The van der Waals surface area contributed by atoms with Crippen LogP contribution in [0.1, 0.15) is 45.5 Å². The van der Waals surface area contributed by atoms with Crippen LogP contribution >= 0.6 is 31.9 Å². The standard InChI is InChI=1S/C24H19Br2NO3/c1-15(12-13-27-23(28)19-4-2-3-5-20(19)24(27)29)16-6-9-18(10-7-16)30-22-11-8-17(25)14-21(22)26/h2-11,14-15H,12-13H2,1H3. The van der Waals surface area contributed by atoms with Gasteiger partial charge in [0.15, 0.2) is 0 Å². The number of carbonyl (C=O) groups excluding carboxylic acids is 2. The van der Waals surface area contributed by atoms with Crippen LogP contribution < -0.4 is 4.74 Å². The Morgan fingerprint density at radius 1 is 0.900 bits per heavy atom. The van der Waals surface area contributed by atoms with Gasteiger partial charge >= 0.3 is 0 Å². The minimum absolute atomic E-state index is 0.197. The van der Waals surface area contributed by atoms with E-state index in [1.54, 1.807) is 24.3 Å². The van der Waals surface area contributed by atoms with Crippen molar-refractivity contribution >= 4 is 43.7 Å². The molecule has 0 saturated carbocycles. The van der Waals surface area contributed by atoms with Gasteiger partial charge in [-0.2, -0.15) is 0 Å². The van der Waals surface area contributed by atoms with Crippen molar-refractivity contribution in [3.63, 3.8) is 0 Å². The van der Waals surface area contributed by atoms with Crippen LogP contribution in [0.5, 0.6) is 11.5 Å². The van der Waals surface area contributed by atoms with Crippen molar-refractivity contribution in [2.75, 3.05) is 6.54 Å². The zero-order chi connectivity index (χ0) is 21.3. The average Bonchev–Trinajstić information content (AvgIpc) is 2.99. The van der Waals surface area contributed by atoms with Gasteiger partial charge in [0.25, 0.3) is 11.8 Å². The smallest absolute Gasteiger partial charge is 0.261 e. The number of nitrogens with zero attached hydrogens (tertiary/aromatic N) is 1. The maximum atomic E-state index is 12.5. The normalized spacial score (nSPS) is 14.0. The van der Waals surface area contributed by atoms with Crippen molar-refractivity contribution in [1.29, 1.82) is 0 Å². The van der Waals surface area contributed by atoms with E-state index in [-0.39, 0.29) is 17.7 Å². The Bertz CT molecular complexity index is 1080. The van der Waals surface area contributed by atoms with Crippen molar-refractivity contribution in [2.24, 2.45) is 0 Å². The Balaban J connectivity index is 1.38. The van der Waals surface area contributed by atoms with Crippen molar-refractivity contribution in [2.45, 2.75) is 19.3 Å². The Hall–Kier alpha value is -2.44. The molecule has 0 spiro atoms. The number of imide groups is 1. The number of ether oxygens (including phenoxy) is 1. The van der Waals surface area contributed by atoms with Crippen LogP contribution in [-0.4, -0.2) is 23.3 Å².